The number of hydrogen-bond donors (Lipinski definition) is 2. The van der Waals surface area contributed by atoms with Gasteiger partial charge in [0.05, 0.1) is 19.0 Å². The summed E-state index contributed by atoms with van der Waals surface area (Å²) in [6.45, 7) is 0.0196. The number of nitrogens with two attached hydrogens (primary N) is 1. The van der Waals surface area contributed by atoms with Gasteiger partial charge in [0.15, 0.2) is 11.5 Å². The predicted molar refractivity (Wildman–Crippen MR) is 66.9 cm³/mol. The van der Waals surface area contributed by atoms with Crippen molar-refractivity contribution in [2.24, 2.45) is 11.8 Å². The molecule has 7 heteroatoms. The van der Waals surface area contributed by atoms with Gasteiger partial charge in [-0.3, -0.25) is 4.57 Å². The Balaban J connectivity index is 1.79. The van der Waals surface area contributed by atoms with Gasteiger partial charge in [0.25, 0.3) is 0 Å². The van der Waals surface area contributed by atoms with Gasteiger partial charge in [-0.15, -0.1) is 0 Å². The number of anilines is 1. The van der Waals surface area contributed by atoms with Crippen molar-refractivity contribution >= 4 is 17.0 Å². The van der Waals surface area contributed by atoms with Gasteiger partial charge < -0.3 is 15.6 Å². The Hall–Kier alpha value is -1.99. The van der Waals surface area contributed by atoms with Crippen molar-refractivity contribution in [2.75, 3.05) is 12.3 Å². The van der Waals surface area contributed by atoms with Crippen molar-refractivity contribution in [1.82, 2.24) is 19.5 Å². The van der Waals surface area contributed by atoms with Gasteiger partial charge in [0.1, 0.15) is 18.1 Å². The van der Waals surface area contributed by atoms with Gasteiger partial charge >= 0.3 is 0 Å². The van der Waals surface area contributed by atoms with Gasteiger partial charge in [-0.1, -0.05) is 12.2 Å². The van der Waals surface area contributed by atoms with Crippen LogP contribution in [-0.4, -0.2) is 37.3 Å². The Bertz CT molecular complexity index is 667. The number of imidazole rings is 1. The van der Waals surface area contributed by atoms with Crippen LogP contribution in [0.25, 0.3) is 11.2 Å². The molecule has 0 amide bonds. The van der Waals surface area contributed by atoms with Gasteiger partial charge in [-0.25, -0.2) is 15.0 Å². The SMILES string of the molecule is Nc1ncnc2c1ncn2[C@@H]1O[C@H](CO)[C@H]2C=C[C@H]21. The Morgan fingerprint density at radius 2 is 2.11 bits per heavy atom. The fraction of sp³-hybridized carbons (Fsp3) is 0.417. The largest absolute Gasteiger partial charge is 0.394 e. The van der Waals surface area contributed by atoms with Crippen LogP contribution in [0.5, 0.6) is 0 Å². The van der Waals surface area contributed by atoms with Crippen molar-refractivity contribution in [3.05, 3.63) is 24.8 Å². The fourth-order valence-corrected chi connectivity index (χ4v) is 2.86. The highest BCUT2D eigenvalue weighted by Gasteiger charge is 2.47. The number of aliphatic hydroxyl groups excluding tert-OH is 1. The first-order valence-electron chi connectivity index (χ1n) is 6.17. The predicted octanol–water partition coefficient (Wildman–Crippen LogP) is 0.100. The highest BCUT2D eigenvalue weighted by atomic mass is 16.5. The second-order valence-electron chi connectivity index (χ2n) is 4.87. The third kappa shape index (κ3) is 1.36. The maximum absolute atomic E-state index is 9.33. The molecule has 1 fully saturated rings. The van der Waals surface area contributed by atoms with E-state index >= 15 is 0 Å². The minimum absolute atomic E-state index is 0.0196. The summed E-state index contributed by atoms with van der Waals surface area (Å²) < 4.78 is 7.76. The highest BCUT2D eigenvalue weighted by Crippen LogP contribution is 2.47. The Morgan fingerprint density at radius 3 is 2.79 bits per heavy atom. The highest BCUT2D eigenvalue weighted by molar-refractivity contribution is 5.81. The van der Waals surface area contributed by atoms with Crippen molar-refractivity contribution in [1.29, 1.82) is 0 Å². The molecule has 4 atom stereocenters. The molecule has 3 heterocycles. The maximum atomic E-state index is 9.33. The molecule has 1 aliphatic carbocycles. The van der Waals surface area contributed by atoms with Crippen LogP contribution in [0.3, 0.4) is 0 Å². The van der Waals surface area contributed by atoms with Crippen LogP contribution in [0.2, 0.25) is 0 Å². The molecule has 0 aromatic carbocycles. The summed E-state index contributed by atoms with van der Waals surface area (Å²) >= 11 is 0. The zero-order chi connectivity index (χ0) is 13.0. The van der Waals surface area contributed by atoms with Gasteiger partial charge in [-0.05, 0) is 0 Å². The average Bonchev–Trinajstić information content (AvgIpc) is 2.89. The number of fused-ring (bicyclic) bond motifs is 2. The first kappa shape index (κ1) is 10.9. The number of rotatable bonds is 2. The minimum atomic E-state index is -0.188. The van der Waals surface area contributed by atoms with Gasteiger partial charge in [0.2, 0.25) is 0 Å². The Kier molecular flexibility index (Phi) is 2.15. The molecule has 19 heavy (non-hydrogen) atoms. The third-order valence-corrected chi connectivity index (χ3v) is 3.91. The lowest BCUT2D eigenvalue weighted by Gasteiger charge is -2.25. The van der Waals surface area contributed by atoms with Crippen LogP contribution >= 0.6 is 0 Å². The molecule has 0 radical (unpaired) electrons. The van der Waals surface area contributed by atoms with E-state index in [0.717, 1.165) is 0 Å². The zero-order valence-corrected chi connectivity index (χ0v) is 10.0. The summed E-state index contributed by atoms with van der Waals surface area (Å²) in [5.41, 5.74) is 7.02. The smallest absolute Gasteiger partial charge is 0.167 e. The lowest BCUT2D eigenvalue weighted by atomic mass is 9.80. The van der Waals surface area contributed by atoms with Crippen molar-refractivity contribution < 1.29 is 9.84 Å². The molecule has 2 aromatic heterocycles. The zero-order valence-electron chi connectivity index (χ0n) is 10.0. The minimum Gasteiger partial charge on any atom is -0.394 e. The van der Waals surface area contributed by atoms with E-state index in [1.54, 1.807) is 6.33 Å². The molecule has 2 aromatic rings. The van der Waals surface area contributed by atoms with E-state index in [4.69, 9.17) is 10.5 Å². The van der Waals surface area contributed by atoms with E-state index in [1.807, 2.05) is 4.57 Å². The summed E-state index contributed by atoms with van der Waals surface area (Å²) in [6, 6.07) is 0. The average molecular weight is 259 g/mol. The first-order chi connectivity index (χ1) is 9.29. The normalized spacial score (nSPS) is 32.5. The molecular weight excluding hydrogens is 246 g/mol. The number of nitrogens with zero attached hydrogens (tertiary/aromatic N) is 4. The number of aromatic nitrogens is 4. The molecule has 4 rings (SSSR count). The lowest BCUT2D eigenvalue weighted by Crippen LogP contribution is -2.26. The van der Waals surface area contributed by atoms with Crippen molar-refractivity contribution in [2.45, 2.75) is 12.3 Å². The van der Waals surface area contributed by atoms with Crippen molar-refractivity contribution in [3.8, 4) is 0 Å². The van der Waals surface area contributed by atoms with E-state index in [2.05, 4.69) is 27.1 Å². The van der Waals surface area contributed by atoms with E-state index < -0.39 is 0 Å². The molecule has 1 aliphatic heterocycles. The number of hydrogen-bond acceptors (Lipinski definition) is 6. The molecule has 0 saturated carbocycles. The summed E-state index contributed by atoms with van der Waals surface area (Å²) in [7, 11) is 0. The molecule has 2 aliphatic rings. The van der Waals surface area contributed by atoms with E-state index in [-0.39, 0.29) is 30.8 Å². The summed E-state index contributed by atoms with van der Waals surface area (Å²) in [5.74, 6) is 0.888. The monoisotopic (exact) mass is 259 g/mol. The van der Waals surface area contributed by atoms with Gasteiger partial charge in [-0.2, -0.15) is 0 Å². The Morgan fingerprint density at radius 1 is 1.26 bits per heavy atom. The standard InChI is InChI=1S/C12H13N5O2/c13-10-9-11(15-4-14-10)17(5-16-9)12-7-2-1-6(7)8(3-18)19-12/h1-2,4-8,12,18H,3H2,(H2,13,14,15)/t6-,7+,8+,12+/m0/s1. The molecular formula is C12H13N5O2. The van der Waals surface area contributed by atoms with Crippen molar-refractivity contribution in [3.63, 3.8) is 0 Å². The third-order valence-electron chi connectivity index (χ3n) is 3.91. The first-order valence-corrected chi connectivity index (χ1v) is 6.17. The van der Waals surface area contributed by atoms with E-state index in [1.165, 1.54) is 6.33 Å². The summed E-state index contributed by atoms with van der Waals surface area (Å²) in [5, 5.41) is 9.33. The molecule has 0 spiro atoms. The molecule has 0 unspecified atom stereocenters. The lowest BCUT2D eigenvalue weighted by molar-refractivity contribution is -0.0288. The summed E-state index contributed by atoms with van der Waals surface area (Å²) in [4.78, 5) is 12.4. The molecule has 0 bridgehead atoms. The fourth-order valence-electron chi connectivity index (χ4n) is 2.86. The van der Waals surface area contributed by atoms with Crippen LogP contribution in [0.15, 0.2) is 24.8 Å². The molecule has 98 valence electrons. The number of aliphatic hydroxyl groups is 1. The van der Waals surface area contributed by atoms with Crippen LogP contribution in [-0.2, 0) is 4.74 Å². The maximum Gasteiger partial charge on any atom is 0.167 e. The quantitative estimate of drug-likeness (QED) is 0.742. The summed E-state index contributed by atoms with van der Waals surface area (Å²) in [6.07, 6.45) is 6.92. The van der Waals surface area contributed by atoms with Crippen LogP contribution in [0, 0.1) is 11.8 Å². The number of nitrogen functional groups attached to an aromatic ring is 1. The second kappa shape index (κ2) is 3.75. The van der Waals surface area contributed by atoms with E-state index in [0.29, 0.717) is 17.0 Å². The van der Waals surface area contributed by atoms with Crippen LogP contribution < -0.4 is 5.73 Å². The molecule has 1 saturated heterocycles. The molecule has 7 nitrogen and oxygen atoms in total. The molecule has 3 N–H and O–H groups in total. The second-order valence-corrected chi connectivity index (χ2v) is 4.87. The van der Waals surface area contributed by atoms with Crippen LogP contribution in [0.4, 0.5) is 5.82 Å². The van der Waals surface area contributed by atoms with Crippen LogP contribution in [0.1, 0.15) is 6.23 Å². The topological polar surface area (TPSA) is 99.1 Å². The van der Waals surface area contributed by atoms with Gasteiger partial charge in [0, 0.05) is 11.8 Å². The van der Waals surface area contributed by atoms with E-state index in [9.17, 15) is 5.11 Å². The number of ether oxygens (including phenoxy) is 1. The Labute approximate surface area is 108 Å².